The quantitative estimate of drug-likeness (QED) is 0.722. The third kappa shape index (κ3) is 2.92. The van der Waals surface area contributed by atoms with Crippen LogP contribution in [0.4, 0.5) is 11.4 Å². The number of H-pyrrole nitrogens is 1. The van der Waals surface area contributed by atoms with Crippen LogP contribution in [0.25, 0.3) is 11.0 Å². The summed E-state index contributed by atoms with van der Waals surface area (Å²) in [5.74, 6) is -0.0998. The zero-order valence-corrected chi connectivity index (χ0v) is 15.7. The van der Waals surface area contributed by atoms with Crippen LogP contribution in [0.5, 0.6) is 0 Å². The number of nitrogens with zero attached hydrogens (tertiary/aromatic N) is 2. The van der Waals surface area contributed by atoms with Crippen LogP contribution in [0.1, 0.15) is 25.7 Å². The minimum atomic E-state index is -0.670. The van der Waals surface area contributed by atoms with Gasteiger partial charge in [0.25, 0.3) is 5.91 Å². The molecule has 7 nitrogen and oxygen atoms in total. The van der Waals surface area contributed by atoms with E-state index in [0.717, 1.165) is 65.7 Å². The summed E-state index contributed by atoms with van der Waals surface area (Å²) in [6, 6.07) is 0.157. The molecule has 1 amide bonds. The van der Waals surface area contributed by atoms with E-state index in [2.05, 4.69) is 36.1 Å². The van der Waals surface area contributed by atoms with Gasteiger partial charge in [-0.1, -0.05) is 0 Å². The number of ether oxygens (including phenoxy) is 1. The zero-order valence-electron chi connectivity index (χ0n) is 14.1. The molecule has 1 atom stereocenters. The Hall–Kier alpha value is -1.64. The number of aromatic amines is 1. The Balaban J connectivity index is 1.73. The minimum absolute atomic E-state index is 0.0998. The average molecular weight is 408 g/mol. The number of halogens is 1. The van der Waals surface area contributed by atoms with Gasteiger partial charge in [-0.2, -0.15) is 0 Å². The Morgan fingerprint density at radius 3 is 3.04 bits per heavy atom. The number of hydrogen-bond acceptors (Lipinski definition) is 5. The van der Waals surface area contributed by atoms with Gasteiger partial charge in [-0.15, -0.1) is 0 Å². The first kappa shape index (κ1) is 16.8. The van der Waals surface area contributed by atoms with Gasteiger partial charge in [0.15, 0.2) is 0 Å². The lowest BCUT2D eigenvalue weighted by Crippen LogP contribution is -2.43. The number of nitrogens with one attached hydrogen (secondary N) is 2. The number of amides is 1. The molecule has 1 aliphatic heterocycles. The smallest absolute Gasteiger partial charge is 0.256 e. The first-order valence-electron chi connectivity index (χ1n) is 8.57. The molecule has 0 aromatic carbocycles. The molecule has 2 fully saturated rings. The Morgan fingerprint density at radius 1 is 1.56 bits per heavy atom. The highest BCUT2D eigenvalue weighted by atomic mass is 79.9. The molecule has 1 saturated carbocycles. The topological polar surface area (TPSA) is 96.3 Å². The maximum atomic E-state index is 12.6. The molecule has 0 spiro atoms. The molecular weight excluding hydrogens is 386 g/mol. The predicted molar refractivity (Wildman–Crippen MR) is 101 cm³/mol. The Morgan fingerprint density at radius 2 is 2.36 bits per heavy atom. The van der Waals surface area contributed by atoms with Gasteiger partial charge in [0.2, 0.25) is 0 Å². The number of piperidine rings is 1. The lowest BCUT2D eigenvalue weighted by Gasteiger charge is -2.33. The van der Waals surface area contributed by atoms with Gasteiger partial charge in [0, 0.05) is 38.6 Å². The number of anilines is 2. The van der Waals surface area contributed by atoms with Crippen LogP contribution in [0.15, 0.2) is 16.9 Å². The second kappa shape index (κ2) is 6.26. The van der Waals surface area contributed by atoms with Crippen LogP contribution in [-0.2, 0) is 9.53 Å². The van der Waals surface area contributed by atoms with E-state index >= 15 is 0 Å². The molecule has 0 bridgehead atoms. The molecular formula is C17H22BrN5O2. The second-order valence-corrected chi connectivity index (χ2v) is 7.74. The molecule has 25 heavy (non-hydrogen) atoms. The first-order chi connectivity index (χ1) is 12.0. The molecule has 1 saturated heterocycles. The summed E-state index contributed by atoms with van der Waals surface area (Å²) in [7, 11) is 1.58. The van der Waals surface area contributed by atoms with E-state index in [1.807, 2.05) is 0 Å². The number of nitrogens with two attached hydrogens (primary N) is 1. The number of hydrogen-bond donors (Lipinski definition) is 3. The Labute approximate surface area is 154 Å². The van der Waals surface area contributed by atoms with Crippen LogP contribution in [0.2, 0.25) is 0 Å². The van der Waals surface area contributed by atoms with Crippen molar-refractivity contribution in [1.82, 2.24) is 9.97 Å². The van der Waals surface area contributed by atoms with Crippen LogP contribution >= 0.6 is 15.9 Å². The molecule has 4 rings (SSSR count). The summed E-state index contributed by atoms with van der Waals surface area (Å²) in [6.07, 6.45) is 7.19. The molecule has 2 aromatic rings. The van der Waals surface area contributed by atoms with Gasteiger partial charge in [0.1, 0.15) is 11.2 Å². The van der Waals surface area contributed by atoms with Crippen molar-refractivity contribution < 1.29 is 9.53 Å². The van der Waals surface area contributed by atoms with Crippen LogP contribution in [0, 0.1) is 0 Å². The fraction of sp³-hybridized carbons (Fsp3) is 0.529. The number of aromatic nitrogens is 2. The van der Waals surface area contributed by atoms with Gasteiger partial charge in [-0.3, -0.25) is 4.79 Å². The number of methoxy groups -OCH3 is 1. The maximum absolute atomic E-state index is 12.6. The molecule has 134 valence electrons. The normalized spacial score (nSPS) is 22.2. The molecule has 2 aliphatic rings. The van der Waals surface area contributed by atoms with Crippen LogP contribution in [-0.4, -0.2) is 47.7 Å². The molecule has 8 heteroatoms. The van der Waals surface area contributed by atoms with E-state index in [-0.39, 0.29) is 11.9 Å². The first-order valence-corrected chi connectivity index (χ1v) is 9.36. The van der Waals surface area contributed by atoms with E-state index in [4.69, 9.17) is 10.5 Å². The summed E-state index contributed by atoms with van der Waals surface area (Å²) >= 11 is 3.63. The maximum Gasteiger partial charge on any atom is 0.256 e. The molecule has 1 unspecified atom stereocenters. The van der Waals surface area contributed by atoms with Crippen LogP contribution < -0.4 is 16.0 Å². The number of fused-ring (bicyclic) bond motifs is 1. The monoisotopic (exact) mass is 407 g/mol. The van der Waals surface area contributed by atoms with Crippen molar-refractivity contribution in [1.29, 1.82) is 0 Å². The molecule has 1 aliphatic carbocycles. The van der Waals surface area contributed by atoms with Crippen molar-refractivity contribution in [2.45, 2.75) is 37.3 Å². The standard InChI is InChI=1S/C17H22BrN5O2/c1-25-17(4-5-17)16(24)22-12-8-21-15-13(12)14(11(18)7-20-15)23-6-2-3-10(19)9-23/h7-8,10H,2-6,9,19H2,1H3,(H,20,21)(H,22,24). The third-order valence-corrected chi connectivity index (χ3v) is 5.74. The zero-order chi connectivity index (χ0) is 17.6. The molecule has 0 radical (unpaired) electrons. The molecule has 4 N–H and O–H groups in total. The van der Waals surface area contributed by atoms with Crippen molar-refractivity contribution in [3.63, 3.8) is 0 Å². The second-order valence-electron chi connectivity index (χ2n) is 6.88. The van der Waals surface area contributed by atoms with Crippen molar-refractivity contribution in [2.24, 2.45) is 5.73 Å². The highest BCUT2D eigenvalue weighted by molar-refractivity contribution is 9.10. The third-order valence-electron chi connectivity index (χ3n) is 5.16. The minimum Gasteiger partial charge on any atom is -0.368 e. The van der Waals surface area contributed by atoms with E-state index < -0.39 is 5.60 Å². The average Bonchev–Trinajstić information content (AvgIpc) is 3.31. The summed E-state index contributed by atoms with van der Waals surface area (Å²) in [6.45, 7) is 1.73. The lowest BCUT2D eigenvalue weighted by atomic mass is 10.1. The summed E-state index contributed by atoms with van der Waals surface area (Å²) in [4.78, 5) is 22.4. The fourth-order valence-corrected chi connectivity index (χ4v) is 4.10. The summed E-state index contributed by atoms with van der Waals surface area (Å²) < 4.78 is 6.28. The van der Waals surface area contributed by atoms with Crippen molar-refractivity contribution >= 4 is 44.2 Å². The molecule has 3 heterocycles. The van der Waals surface area contributed by atoms with E-state index in [1.165, 1.54) is 0 Å². The lowest BCUT2D eigenvalue weighted by molar-refractivity contribution is -0.128. The number of carbonyl (C=O) groups excluding carboxylic acids is 1. The van der Waals surface area contributed by atoms with E-state index in [1.54, 1.807) is 19.5 Å². The van der Waals surface area contributed by atoms with Gasteiger partial charge < -0.3 is 25.7 Å². The summed E-state index contributed by atoms with van der Waals surface area (Å²) in [5.41, 5.74) is 8.00. The SMILES string of the molecule is COC1(C(=O)Nc2c[nH]c3ncc(Br)c(N4CCCC(N)C4)c23)CC1. The number of rotatable bonds is 4. The Kier molecular flexibility index (Phi) is 4.21. The highest BCUT2D eigenvalue weighted by Crippen LogP contribution is 2.42. The van der Waals surface area contributed by atoms with Gasteiger partial charge >= 0.3 is 0 Å². The fourth-order valence-electron chi connectivity index (χ4n) is 3.55. The molecule has 2 aromatic heterocycles. The van der Waals surface area contributed by atoms with E-state index in [0.29, 0.717) is 0 Å². The Bertz CT molecular complexity index is 817. The summed E-state index contributed by atoms with van der Waals surface area (Å²) in [5, 5.41) is 3.93. The van der Waals surface area contributed by atoms with E-state index in [9.17, 15) is 4.79 Å². The largest absolute Gasteiger partial charge is 0.368 e. The highest BCUT2D eigenvalue weighted by Gasteiger charge is 2.50. The van der Waals surface area contributed by atoms with Gasteiger partial charge in [-0.05, 0) is 41.6 Å². The van der Waals surface area contributed by atoms with Crippen molar-refractivity contribution in [2.75, 3.05) is 30.4 Å². The van der Waals surface area contributed by atoms with Gasteiger partial charge in [0.05, 0.1) is 21.2 Å². The predicted octanol–water partition coefficient (Wildman–Crippen LogP) is 2.37. The van der Waals surface area contributed by atoms with Gasteiger partial charge in [-0.25, -0.2) is 4.98 Å². The van der Waals surface area contributed by atoms with Crippen LogP contribution in [0.3, 0.4) is 0 Å². The van der Waals surface area contributed by atoms with Crippen molar-refractivity contribution in [3.8, 4) is 0 Å². The number of carbonyl (C=O) groups is 1. The number of pyridine rings is 1. The van der Waals surface area contributed by atoms with Crippen molar-refractivity contribution in [3.05, 3.63) is 16.9 Å².